The lowest BCUT2D eigenvalue weighted by Crippen LogP contribution is -2.30. The molecule has 1 aliphatic rings. The number of allylic oxidation sites excluding steroid dienone is 2. The summed E-state index contributed by atoms with van der Waals surface area (Å²) in [6.07, 6.45) is 11.0. The van der Waals surface area contributed by atoms with Crippen molar-refractivity contribution in [2.75, 3.05) is 7.05 Å². The summed E-state index contributed by atoms with van der Waals surface area (Å²) >= 11 is 6.34. The summed E-state index contributed by atoms with van der Waals surface area (Å²) in [5.41, 5.74) is 5.11. The van der Waals surface area contributed by atoms with Gasteiger partial charge in [-0.25, -0.2) is 0 Å². The maximum Gasteiger partial charge on any atom is 0.209 e. The molecule has 0 radical (unpaired) electrons. The molecule has 26 heavy (non-hydrogen) atoms. The first-order valence-corrected chi connectivity index (χ1v) is 9.69. The Balaban J connectivity index is 1.97. The molecule has 0 bridgehead atoms. The van der Waals surface area contributed by atoms with Crippen LogP contribution in [0.4, 0.5) is 5.69 Å². The first kappa shape index (κ1) is 18.7. The van der Waals surface area contributed by atoms with Crippen LogP contribution in [0.1, 0.15) is 43.7 Å². The largest absolute Gasteiger partial charge is 0.209 e. The summed E-state index contributed by atoms with van der Waals surface area (Å²) < 4.78 is 2.32. The fourth-order valence-electron chi connectivity index (χ4n) is 3.95. The highest BCUT2D eigenvalue weighted by molar-refractivity contribution is 6.30. The van der Waals surface area contributed by atoms with E-state index in [1.54, 1.807) is 0 Å². The molecule has 0 aliphatic carbocycles. The number of fused-ring (bicyclic) bond motifs is 1. The Bertz CT molecular complexity index is 848. The number of hydrogen-bond acceptors (Lipinski definition) is 0. The van der Waals surface area contributed by atoms with Gasteiger partial charge in [-0.2, -0.15) is 4.58 Å². The van der Waals surface area contributed by atoms with Crippen LogP contribution >= 0.6 is 11.6 Å². The Kier molecular flexibility index (Phi) is 5.78. The van der Waals surface area contributed by atoms with Crippen molar-refractivity contribution in [2.24, 2.45) is 0 Å². The van der Waals surface area contributed by atoms with Crippen molar-refractivity contribution in [1.29, 1.82) is 0 Å². The molecule has 0 amide bonds. The molecule has 1 aliphatic heterocycles. The van der Waals surface area contributed by atoms with Gasteiger partial charge in [-0.15, -0.1) is 6.58 Å². The van der Waals surface area contributed by atoms with Crippen LogP contribution in [0, 0.1) is 0 Å². The summed E-state index contributed by atoms with van der Waals surface area (Å²) in [4.78, 5) is 0. The third kappa shape index (κ3) is 3.68. The summed E-state index contributed by atoms with van der Waals surface area (Å²) in [5, 5.41) is 0.808. The van der Waals surface area contributed by atoms with Gasteiger partial charge in [0, 0.05) is 22.7 Å². The second-order valence-electron chi connectivity index (χ2n) is 7.22. The molecule has 134 valence electrons. The lowest BCUT2D eigenvalue weighted by molar-refractivity contribution is -0.401. The molecular weight excluding hydrogens is 338 g/mol. The Morgan fingerprint density at radius 2 is 1.85 bits per heavy atom. The van der Waals surface area contributed by atoms with E-state index in [-0.39, 0.29) is 5.41 Å². The van der Waals surface area contributed by atoms with E-state index in [2.05, 4.69) is 73.7 Å². The highest BCUT2D eigenvalue weighted by atomic mass is 35.5. The zero-order valence-corrected chi connectivity index (χ0v) is 16.5. The van der Waals surface area contributed by atoms with Crippen LogP contribution in [0.5, 0.6) is 0 Å². The summed E-state index contributed by atoms with van der Waals surface area (Å²) in [7, 11) is 2.16. The minimum atomic E-state index is -0.0264. The molecule has 0 fully saturated rings. The Morgan fingerprint density at radius 3 is 2.58 bits per heavy atom. The molecule has 1 nitrogen and oxygen atoms in total. The molecule has 0 saturated carbocycles. The van der Waals surface area contributed by atoms with Gasteiger partial charge < -0.3 is 0 Å². The van der Waals surface area contributed by atoms with Gasteiger partial charge in [0.1, 0.15) is 7.05 Å². The molecule has 1 heterocycles. The zero-order valence-electron chi connectivity index (χ0n) is 15.7. The third-order valence-electron chi connectivity index (χ3n) is 5.41. The van der Waals surface area contributed by atoms with E-state index in [9.17, 15) is 0 Å². The predicted octanol–water partition coefficient (Wildman–Crippen LogP) is 6.79. The van der Waals surface area contributed by atoms with E-state index in [0.717, 1.165) is 17.9 Å². The van der Waals surface area contributed by atoms with Crippen molar-refractivity contribution in [3.05, 3.63) is 83.4 Å². The van der Waals surface area contributed by atoms with E-state index in [1.165, 1.54) is 35.4 Å². The van der Waals surface area contributed by atoms with Crippen molar-refractivity contribution < 1.29 is 4.58 Å². The number of unbranched alkanes of at least 4 members (excludes halogenated alkanes) is 2. The van der Waals surface area contributed by atoms with Crippen LogP contribution in [0.15, 0.2) is 67.3 Å². The lowest BCUT2D eigenvalue weighted by atomic mass is 9.75. The zero-order chi connectivity index (χ0) is 18.6. The van der Waals surface area contributed by atoms with Gasteiger partial charge in [0.15, 0.2) is 5.71 Å². The standard InChI is InChI=1S/C24H27ClN/c1-4-5-6-10-17-24(2)21-18-20(25)14-15-22(21)26(3)23(24)16-13-19-11-8-7-9-12-19/h4,7-9,11-16,18H,1,5-6,10,17H2,2-3H3/q+1/b16-13+. The fraction of sp³-hybridized carbons (Fsp3) is 0.292. The molecule has 2 aromatic rings. The third-order valence-corrected chi connectivity index (χ3v) is 5.64. The predicted molar refractivity (Wildman–Crippen MR) is 114 cm³/mol. The van der Waals surface area contributed by atoms with Gasteiger partial charge in [-0.1, -0.05) is 54.4 Å². The van der Waals surface area contributed by atoms with Crippen LogP contribution < -0.4 is 0 Å². The Hall–Kier alpha value is -2.12. The minimum Gasteiger partial charge on any atom is -0.198 e. The monoisotopic (exact) mass is 364 g/mol. The maximum absolute atomic E-state index is 6.34. The van der Waals surface area contributed by atoms with Crippen molar-refractivity contribution in [3.8, 4) is 0 Å². The summed E-state index contributed by atoms with van der Waals surface area (Å²) in [6, 6.07) is 16.7. The number of benzene rings is 2. The second-order valence-corrected chi connectivity index (χ2v) is 7.65. The van der Waals surface area contributed by atoms with Crippen LogP contribution in [-0.2, 0) is 5.41 Å². The SMILES string of the molecule is C=CCCCCC1(C)C(/C=C/c2ccccc2)=[N+](C)c2ccc(Cl)cc21. The van der Waals surface area contributed by atoms with E-state index in [4.69, 9.17) is 11.6 Å². The molecule has 2 aromatic carbocycles. The topological polar surface area (TPSA) is 3.01 Å². The second kappa shape index (κ2) is 8.05. The van der Waals surface area contributed by atoms with Gasteiger partial charge in [-0.3, -0.25) is 0 Å². The van der Waals surface area contributed by atoms with Crippen molar-refractivity contribution in [2.45, 2.75) is 38.0 Å². The van der Waals surface area contributed by atoms with Gasteiger partial charge in [0.2, 0.25) is 5.69 Å². The van der Waals surface area contributed by atoms with Gasteiger partial charge in [0.25, 0.3) is 0 Å². The van der Waals surface area contributed by atoms with Crippen LogP contribution in [0.25, 0.3) is 6.08 Å². The molecule has 0 N–H and O–H groups in total. The first-order valence-electron chi connectivity index (χ1n) is 9.31. The van der Waals surface area contributed by atoms with E-state index >= 15 is 0 Å². The molecular formula is C24H27ClN+. The molecule has 0 saturated heterocycles. The molecule has 0 spiro atoms. The highest BCUT2D eigenvalue weighted by Gasteiger charge is 2.46. The molecule has 3 rings (SSSR count). The average Bonchev–Trinajstić information content (AvgIpc) is 2.85. The molecule has 2 heteroatoms. The van der Waals surface area contributed by atoms with Crippen LogP contribution in [-0.4, -0.2) is 17.3 Å². The highest BCUT2D eigenvalue weighted by Crippen LogP contribution is 2.44. The van der Waals surface area contributed by atoms with Crippen LogP contribution in [0.2, 0.25) is 5.02 Å². The quantitative estimate of drug-likeness (QED) is 0.289. The summed E-state index contributed by atoms with van der Waals surface area (Å²) in [5.74, 6) is 0. The number of halogens is 1. The lowest BCUT2D eigenvalue weighted by Gasteiger charge is -2.22. The van der Waals surface area contributed by atoms with Crippen molar-refractivity contribution in [1.82, 2.24) is 0 Å². The first-order chi connectivity index (χ1) is 12.6. The molecule has 0 aromatic heterocycles. The summed E-state index contributed by atoms with van der Waals surface area (Å²) in [6.45, 7) is 6.19. The number of rotatable bonds is 7. The number of nitrogens with zero attached hydrogens (tertiary/aromatic N) is 1. The van der Waals surface area contributed by atoms with E-state index in [1.807, 2.05) is 18.2 Å². The fourth-order valence-corrected chi connectivity index (χ4v) is 4.12. The van der Waals surface area contributed by atoms with Crippen LogP contribution in [0.3, 0.4) is 0 Å². The molecule has 1 unspecified atom stereocenters. The Morgan fingerprint density at radius 1 is 1.08 bits per heavy atom. The van der Waals surface area contributed by atoms with Gasteiger partial charge in [-0.05, 0) is 50.0 Å². The van der Waals surface area contributed by atoms with Gasteiger partial charge >= 0.3 is 0 Å². The molecule has 1 atom stereocenters. The smallest absolute Gasteiger partial charge is 0.198 e. The minimum absolute atomic E-state index is 0.0264. The average molecular weight is 365 g/mol. The normalized spacial score (nSPS) is 19.2. The van der Waals surface area contributed by atoms with Crippen molar-refractivity contribution >= 4 is 29.1 Å². The Labute approximate surface area is 162 Å². The van der Waals surface area contributed by atoms with E-state index < -0.39 is 0 Å². The van der Waals surface area contributed by atoms with E-state index in [0.29, 0.717) is 0 Å². The van der Waals surface area contributed by atoms with Crippen molar-refractivity contribution in [3.63, 3.8) is 0 Å². The number of hydrogen-bond donors (Lipinski definition) is 0. The van der Waals surface area contributed by atoms with Gasteiger partial charge in [0.05, 0.1) is 5.41 Å². The maximum atomic E-state index is 6.34.